The molecular weight excluding hydrogens is 272 g/mol. The maximum Gasteiger partial charge on any atom is 0.126 e. The molecule has 2 nitrogen and oxygen atoms in total. The SMILES string of the molecule is CCC[C@H]1[C@@H]2CCc3cc(OC)ccc3[C@H]2CC[C@]1(C)C=O. The van der Waals surface area contributed by atoms with Gasteiger partial charge >= 0.3 is 0 Å². The van der Waals surface area contributed by atoms with Crippen LogP contribution in [0.5, 0.6) is 5.75 Å². The number of aldehydes is 1. The monoisotopic (exact) mass is 300 g/mol. The number of methoxy groups -OCH3 is 1. The van der Waals surface area contributed by atoms with E-state index in [1.807, 2.05) is 0 Å². The third-order valence-electron chi connectivity index (χ3n) is 6.24. The number of benzene rings is 1. The second-order valence-corrected chi connectivity index (χ2v) is 7.43. The van der Waals surface area contributed by atoms with Gasteiger partial charge in [-0.25, -0.2) is 0 Å². The van der Waals surface area contributed by atoms with Crippen LogP contribution in [0.3, 0.4) is 0 Å². The van der Waals surface area contributed by atoms with E-state index in [0.29, 0.717) is 17.8 Å². The Bertz CT molecular complexity index is 551. The lowest BCUT2D eigenvalue weighted by Gasteiger charge is -2.50. The first-order valence-electron chi connectivity index (χ1n) is 8.76. The molecule has 0 heterocycles. The molecular formula is C20H28O2. The zero-order valence-electron chi connectivity index (χ0n) is 14.1. The van der Waals surface area contributed by atoms with E-state index in [1.165, 1.54) is 36.7 Å². The largest absolute Gasteiger partial charge is 0.497 e. The molecule has 0 N–H and O–H groups in total. The maximum atomic E-state index is 11.8. The average Bonchev–Trinajstić information content (AvgIpc) is 2.56. The molecule has 1 aromatic rings. The molecule has 120 valence electrons. The lowest BCUT2D eigenvalue weighted by molar-refractivity contribution is -0.123. The van der Waals surface area contributed by atoms with Crippen molar-refractivity contribution in [3.8, 4) is 5.75 Å². The van der Waals surface area contributed by atoms with Crippen LogP contribution >= 0.6 is 0 Å². The summed E-state index contributed by atoms with van der Waals surface area (Å²) in [4.78, 5) is 11.8. The molecule has 2 aliphatic carbocycles. The Labute approximate surface area is 134 Å². The van der Waals surface area contributed by atoms with Crippen molar-refractivity contribution >= 4 is 6.29 Å². The Morgan fingerprint density at radius 2 is 2.18 bits per heavy atom. The first-order valence-corrected chi connectivity index (χ1v) is 8.76. The fourth-order valence-corrected chi connectivity index (χ4v) is 5.03. The molecule has 22 heavy (non-hydrogen) atoms. The number of ether oxygens (including phenoxy) is 1. The lowest BCUT2D eigenvalue weighted by Crippen LogP contribution is -2.43. The van der Waals surface area contributed by atoms with Crippen LogP contribution in [0.2, 0.25) is 0 Å². The molecule has 1 aromatic carbocycles. The third-order valence-corrected chi connectivity index (χ3v) is 6.24. The number of hydrogen-bond acceptors (Lipinski definition) is 2. The van der Waals surface area contributed by atoms with E-state index in [4.69, 9.17) is 4.74 Å². The van der Waals surface area contributed by atoms with Crippen LogP contribution in [0.15, 0.2) is 18.2 Å². The van der Waals surface area contributed by atoms with Gasteiger partial charge in [0.2, 0.25) is 0 Å². The predicted molar refractivity (Wildman–Crippen MR) is 89.3 cm³/mol. The minimum Gasteiger partial charge on any atom is -0.497 e. The minimum absolute atomic E-state index is 0.110. The van der Waals surface area contributed by atoms with Crippen LogP contribution in [0.4, 0.5) is 0 Å². The number of hydrogen-bond donors (Lipinski definition) is 0. The predicted octanol–water partition coefficient (Wildman–Crippen LogP) is 4.76. The number of carbonyl (C=O) groups excluding carboxylic acids is 1. The van der Waals surface area contributed by atoms with Gasteiger partial charge in [0.25, 0.3) is 0 Å². The van der Waals surface area contributed by atoms with E-state index in [0.717, 1.165) is 25.0 Å². The summed E-state index contributed by atoms with van der Waals surface area (Å²) in [5.74, 6) is 2.82. The summed E-state index contributed by atoms with van der Waals surface area (Å²) in [5, 5.41) is 0. The molecule has 0 unspecified atom stereocenters. The Kier molecular flexibility index (Phi) is 4.29. The highest BCUT2D eigenvalue weighted by atomic mass is 16.5. The Hall–Kier alpha value is -1.31. The van der Waals surface area contributed by atoms with Gasteiger partial charge in [0.1, 0.15) is 12.0 Å². The zero-order chi connectivity index (χ0) is 15.7. The summed E-state index contributed by atoms with van der Waals surface area (Å²) in [6.45, 7) is 4.44. The molecule has 0 aromatic heterocycles. The van der Waals surface area contributed by atoms with E-state index in [2.05, 4.69) is 32.0 Å². The van der Waals surface area contributed by atoms with E-state index in [1.54, 1.807) is 7.11 Å². The number of rotatable bonds is 4. The fraction of sp³-hybridized carbons (Fsp3) is 0.650. The van der Waals surface area contributed by atoms with Gasteiger partial charge in [0.05, 0.1) is 7.11 Å². The molecule has 0 amide bonds. The van der Waals surface area contributed by atoms with Crippen LogP contribution in [-0.2, 0) is 11.2 Å². The van der Waals surface area contributed by atoms with Crippen molar-refractivity contribution in [1.82, 2.24) is 0 Å². The number of aryl methyl sites for hydroxylation is 1. The standard InChI is InChI=1S/C20H28O2/c1-4-5-19-18-8-6-14-12-15(22-3)7-9-16(14)17(18)10-11-20(19,2)13-21/h7,9,12-13,17-19H,4-6,8,10-11H2,1-3H3/t17-,18-,19+,20-/m1/s1. The molecule has 1 saturated carbocycles. The molecule has 2 aliphatic rings. The van der Waals surface area contributed by atoms with Gasteiger partial charge in [-0.2, -0.15) is 0 Å². The van der Waals surface area contributed by atoms with Crippen molar-refractivity contribution < 1.29 is 9.53 Å². The summed E-state index contributed by atoms with van der Waals surface area (Å²) in [6.07, 6.45) is 8.15. The van der Waals surface area contributed by atoms with Crippen molar-refractivity contribution in [2.45, 2.75) is 58.3 Å². The van der Waals surface area contributed by atoms with Gasteiger partial charge in [-0.05, 0) is 73.1 Å². The van der Waals surface area contributed by atoms with Crippen molar-refractivity contribution in [3.05, 3.63) is 29.3 Å². The van der Waals surface area contributed by atoms with Crippen LogP contribution in [0.25, 0.3) is 0 Å². The number of carbonyl (C=O) groups is 1. The summed E-state index contributed by atoms with van der Waals surface area (Å²) in [6, 6.07) is 6.59. The van der Waals surface area contributed by atoms with Gasteiger partial charge in [0, 0.05) is 5.41 Å². The van der Waals surface area contributed by atoms with Crippen LogP contribution in [0, 0.1) is 17.3 Å². The van der Waals surface area contributed by atoms with Crippen molar-refractivity contribution in [2.75, 3.05) is 7.11 Å². The molecule has 0 aliphatic heterocycles. The molecule has 0 saturated heterocycles. The average molecular weight is 300 g/mol. The Balaban J connectivity index is 1.94. The third kappa shape index (κ3) is 2.47. The molecule has 0 spiro atoms. The van der Waals surface area contributed by atoms with E-state index < -0.39 is 0 Å². The molecule has 2 heteroatoms. The lowest BCUT2D eigenvalue weighted by atomic mass is 9.54. The van der Waals surface area contributed by atoms with Gasteiger partial charge in [0.15, 0.2) is 0 Å². The molecule has 0 bridgehead atoms. The van der Waals surface area contributed by atoms with Crippen molar-refractivity contribution in [1.29, 1.82) is 0 Å². The summed E-state index contributed by atoms with van der Waals surface area (Å²) < 4.78 is 5.38. The second-order valence-electron chi connectivity index (χ2n) is 7.43. The summed E-state index contributed by atoms with van der Waals surface area (Å²) >= 11 is 0. The highest BCUT2D eigenvalue weighted by Gasteiger charge is 2.47. The van der Waals surface area contributed by atoms with E-state index in [-0.39, 0.29) is 5.41 Å². The normalized spacial score (nSPS) is 33.7. The highest BCUT2D eigenvalue weighted by Crippen LogP contribution is 2.55. The number of fused-ring (bicyclic) bond motifs is 3. The smallest absolute Gasteiger partial charge is 0.126 e. The van der Waals surface area contributed by atoms with Crippen LogP contribution in [0.1, 0.15) is 63.0 Å². The van der Waals surface area contributed by atoms with Crippen molar-refractivity contribution in [3.63, 3.8) is 0 Å². The molecule has 4 atom stereocenters. The summed E-state index contributed by atoms with van der Waals surface area (Å²) in [5.41, 5.74) is 2.87. The van der Waals surface area contributed by atoms with Gasteiger partial charge in [-0.15, -0.1) is 0 Å². The topological polar surface area (TPSA) is 26.3 Å². The highest BCUT2D eigenvalue weighted by molar-refractivity contribution is 5.60. The fourth-order valence-electron chi connectivity index (χ4n) is 5.03. The van der Waals surface area contributed by atoms with Gasteiger partial charge in [-0.1, -0.05) is 26.3 Å². The van der Waals surface area contributed by atoms with Crippen LogP contribution < -0.4 is 4.74 Å². The zero-order valence-corrected chi connectivity index (χ0v) is 14.1. The molecule has 1 fully saturated rings. The van der Waals surface area contributed by atoms with Crippen LogP contribution in [-0.4, -0.2) is 13.4 Å². The Morgan fingerprint density at radius 1 is 1.36 bits per heavy atom. The Morgan fingerprint density at radius 3 is 2.86 bits per heavy atom. The van der Waals surface area contributed by atoms with E-state index >= 15 is 0 Å². The maximum absolute atomic E-state index is 11.8. The quantitative estimate of drug-likeness (QED) is 0.750. The second kappa shape index (κ2) is 6.06. The van der Waals surface area contributed by atoms with E-state index in [9.17, 15) is 4.79 Å². The van der Waals surface area contributed by atoms with Gasteiger partial charge < -0.3 is 9.53 Å². The summed E-state index contributed by atoms with van der Waals surface area (Å²) in [7, 11) is 1.74. The van der Waals surface area contributed by atoms with Crippen molar-refractivity contribution in [2.24, 2.45) is 17.3 Å². The minimum atomic E-state index is -0.110. The molecule has 3 rings (SSSR count). The first-order chi connectivity index (χ1) is 10.6. The first kappa shape index (κ1) is 15.6. The molecule has 0 radical (unpaired) electrons. The van der Waals surface area contributed by atoms with Gasteiger partial charge in [-0.3, -0.25) is 0 Å².